The van der Waals surface area contributed by atoms with Crippen molar-refractivity contribution in [2.24, 2.45) is 0 Å². The highest BCUT2D eigenvalue weighted by Crippen LogP contribution is 2.57. The molecule has 1 fully saturated rings. The number of alkyl halides is 3. The molecule has 1 aliphatic heterocycles. The molecule has 0 radical (unpaired) electrons. The van der Waals surface area contributed by atoms with Crippen LogP contribution in [0.2, 0.25) is 0 Å². The first-order chi connectivity index (χ1) is 16.8. The lowest BCUT2D eigenvalue weighted by Crippen LogP contribution is -2.16. The molecule has 3 rings (SSSR count). The van der Waals surface area contributed by atoms with Crippen LogP contribution in [-0.4, -0.2) is 77.4 Å². The van der Waals surface area contributed by atoms with Gasteiger partial charge in [-0.3, -0.25) is 9.09 Å². The van der Waals surface area contributed by atoms with E-state index in [9.17, 15) is 27.2 Å². The predicted octanol–water partition coefficient (Wildman–Crippen LogP) is 3.55. The maximum atomic E-state index is 12.6. The van der Waals surface area contributed by atoms with Crippen molar-refractivity contribution >= 4 is 56.2 Å². The maximum absolute atomic E-state index is 12.6. The van der Waals surface area contributed by atoms with Crippen molar-refractivity contribution in [3.8, 4) is 0 Å². The quantitative estimate of drug-likeness (QED) is 0.114. The predicted molar refractivity (Wildman–Crippen MR) is 126 cm³/mol. The highest BCUT2D eigenvalue weighted by Gasteiger charge is 2.35. The van der Waals surface area contributed by atoms with Gasteiger partial charge in [0.1, 0.15) is 6.23 Å². The maximum Gasteiger partial charge on any atom is 0.481 e. The van der Waals surface area contributed by atoms with Crippen molar-refractivity contribution in [1.29, 1.82) is 0 Å². The van der Waals surface area contributed by atoms with Crippen molar-refractivity contribution in [2.45, 2.75) is 42.9 Å². The molecule has 3 heterocycles. The Bertz CT molecular complexity index is 1140. The average molecular weight is 597 g/mol. The highest BCUT2D eigenvalue weighted by molar-refractivity contribution is 7.99. The summed E-state index contributed by atoms with van der Waals surface area (Å²) in [5, 5.41) is 3.26. The molecule has 0 bridgehead atoms. The summed E-state index contributed by atoms with van der Waals surface area (Å²) in [5.41, 5.74) is 0.727. The number of phosphoric ester groups is 1. The minimum atomic E-state index is -5.24. The lowest BCUT2D eigenvalue weighted by molar-refractivity contribution is -0.129. The second-order valence-electron chi connectivity index (χ2n) is 7.44. The van der Waals surface area contributed by atoms with E-state index < -0.39 is 47.2 Å². The molecule has 0 amide bonds. The number of nitrogens with one attached hydrogen (secondary N) is 1. The van der Waals surface area contributed by atoms with Crippen LogP contribution in [0.15, 0.2) is 11.5 Å². The van der Waals surface area contributed by atoms with E-state index in [-0.39, 0.29) is 10.9 Å². The summed E-state index contributed by atoms with van der Waals surface area (Å²) in [7, 11) is -10.3. The molecular weight excluding hydrogens is 573 g/mol. The summed E-state index contributed by atoms with van der Waals surface area (Å²) < 4.78 is 75.9. The van der Waals surface area contributed by atoms with Crippen LogP contribution in [0.5, 0.6) is 0 Å². The van der Waals surface area contributed by atoms with Crippen LogP contribution in [0.25, 0.3) is 11.2 Å². The van der Waals surface area contributed by atoms with Crippen molar-refractivity contribution < 1.29 is 50.6 Å². The molecule has 2 aromatic rings. The Labute approximate surface area is 211 Å². The molecule has 1 aliphatic rings. The molecule has 0 spiro atoms. The fraction of sp³-hybridized carbons (Fsp3) is 0.688. The van der Waals surface area contributed by atoms with Crippen LogP contribution in [0, 0.1) is 0 Å². The van der Waals surface area contributed by atoms with Crippen LogP contribution < -0.4 is 5.32 Å². The van der Waals surface area contributed by atoms with Crippen molar-refractivity contribution in [2.75, 3.05) is 36.2 Å². The first kappa shape index (κ1) is 29.6. The van der Waals surface area contributed by atoms with Gasteiger partial charge in [0.05, 0.1) is 25.5 Å². The van der Waals surface area contributed by atoms with Gasteiger partial charge in [-0.25, -0.2) is 24.1 Å². The number of aromatic nitrogens is 4. The number of thioether (sulfide) groups is 2. The SMILES string of the molecule is CSCCNc1nc(SCCC(F)(F)F)nc2c1ncn2C1CCC(COP(=O)(O)OP(=O)(O)O)O1. The van der Waals surface area contributed by atoms with Gasteiger partial charge in [-0.2, -0.15) is 29.2 Å². The summed E-state index contributed by atoms with van der Waals surface area (Å²) >= 11 is 2.46. The van der Waals surface area contributed by atoms with Crippen LogP contribution >= 0.6 is 39.2 Å². The molecule has 204 valence electrons. The van der Waals surface area contributed by atoms with Gasteiger partial charge in [-0.1, -0.05) is 11.8 Å². The zero-order valence-corrected chi connectivity index (χ0v) is 22.1. The van der Waals surface area contributed by atoms with E-state index in [0.29, 0.717) is 36.4 Å². The third kappa shape index (κ3) is 9.11. The molecule has 2 aromatic heterocycles. The van der Waals surface area contributed by atoms with Crippen molar-refractivity contribution in [3.63, 3.8) is 0 Å². The lowest BCUT2D eigenvalue weighted by Gasteiger charge is -2.17. The topological polar surface area (TPSA) is 178 Å². The first-order valence-corrected chi connectivity index (χ1v) is 15.7. The fourth-order valence-electron chi connectivity index (χ4n) is 3.17. The number of hydrogen-bond donors (Lipinski definition) is 4. The molecule has 0 aliphatic carbocycles. The molecular formula is C16H24F3N5O8P2S2. The van der Waals surface area contributed by atoms with Crippen LogP contribution in [0.1, 0.15) is 25.5 Å². The van der Waals surface area contributed by atoms with Gasteiger partial charge in [0.25, 0.3) is 0 Å². The van der Waals surface area contributed by atoms with E-state index in [1.165, 1.54) is 6.33 Å². The zero-order valence-electron chi connectivity index (χ0n) is 18.7. The normalized spacial score (nSPS) is 20.6. The van der Waals surface area contributed by atoms with E-state index >= 15 is 0 Å². The molecule has 0 saturated carbocycles. The minimum absolute atomic E-state index is 0.133. The molecule has 36 heavy (non-hydrogen) atoms. The number of phosphoric acid groups is 2. The van der Waals surface area contributed by atoms with Crippen LogP contribution in [-0.2, 0) is 22.7 Å². The third-order valence-electron chi connectivity index (χ3n) is 4.64. The minimum Gasteiger partial charge on any atom is -0.367 e. The number of rotatable bonds is 13. The summed E-state index contributed by atoms with van der Waals surface area (Å²) in [6, 6.07) is 0. The van der Waals surface area contributed by atoms with E-state index in [4.69, 9.17) is 14.5 Å². The number of imidazole rings is 1. The molecule has 3 atom stereocenters. The Morgan fingerprint density at radius 3 is 2.67 bits per heavy atom. The van der Waals surface area contributed by atoms with Gasteiger partial charge in [0.2, 0.25) is 0 Å². The molecule has 3 unspecified atom stereocenters. The Balaban J connectivity index is 1.74. The van der Waals surface area contributed by atoms with Gasteiger partial charge in [0, 0.05) is 18.1 Å². The smallest absolute Gasteiger partial charge is 0.367 e. The second kappa shape index (κ2) is 12.3. The molecule has 0 aromatic carbocycles. The van der Waals surface area contributed by atoms with Gasteiger partial charge in [-0.05, 0) is 19.1 Å². The molecule has 13 nitrogen and oxygen atoms in total. The number of hydrogen-bond acceptors (Lipinski definition) is 11. The molecule has 20 heteroatoms. The monoisotopic (exact) mass is 597 g/mol. The average Bonchev–Trinajstić information content (AvgIpc) is 3.36. The zero-order chi connectivity index (χ0) is 26.6. The van der Waals surface area contributed by atoms with Crippen LogP contribution in [0.4, 0.5) is 19.0 Å². The standard InChI is InChI=1S/C16H24F3N5O8P2S2/c1-35-7-5-20-13-12-14(23-15(22-13)36-6-4-16(17,18)19)24(9-21-12)11-3-2-10(31-11)8-30-34(28,29)32-33(25,26)27/h9-11H,2-8H2,1H3,(H,28,29)(H,20,22,23)(H2,25,26,27). The van der Waals surface area contributed by atoms with Crippen LogP contribution in [0.3, 0.4) is 0 Å². The van der Waals surface area contributed by atoms with Gasteiger partial charge in [0.15, 0.2) is 22.1 Å². The summed E-state index contributed by atoms with van der Waals surface area (Å²) in [6.07, 6.45) is -2.51. The number of halogens is 3. The van der Waals surface area contributed by atoms with E-state index in [2.05, 4.69) is 29.1 Å². The number of fused-ring (bicyclic) bond motifs is 1. The van der Waals surface area contributed by atoms with E-state index in [1.807, 2.05) is 6.26 Å². The Hall–Kier alpha value is -0.940. The largest absolute Gasteiger partial charge is 0.481 e. The molecule has 4 N–H and O–H groups in total. The third-order valence-corrected chi connectivity index (χ3v) is 8.26. The lowest BCUT2D eigenvalue weighted by atomic mass is 10.2. The second-order valence-corrected chi connectivity index (χ2v) is 12.3. The Morgan fingerprint density at radius 1 is 1.25 bits per heavy atom. The summed E-state index contributed by atoms with van der Waals surface area (Å²) in [6.45, 7) is 0.0654. The summed E-state index contributed by atoms with van der Waals surface area (Å²) in [4.78, 5) is 39.8. The van der Waals surface area contributed by atoms with Gasteiger partial charge < -0.3 is 24.7 Å². The highest BCUT2D eigenvalue weighted by atomic mass is 32.2. The Kier molecular flexibility index (Phi) is 10.1. The number of ether oxygens (including phenoxy) is 1. The fourth-order valence-corrected chi connectivity index (χ4v) is 5.92. The van der Waals surface area contributed by atoms with Gasteiger partial charge in [-0.15, -0.1) is 0 Å². The van der Waals surface area contributed by atoms with Crippen molar-refractivity contribution in [3.05, 3.63) is 6.33 Å². The van der Waals surface area contributed by atoms with E-state index in [1.54, 1.807) is 16.3 Å². The number of anilines is 1. The first-order valence-electron chi connectivity index (χ1n) is 10.3. The van der Waals surface area contributed by atoms with Crippen molar-refractivity contribution in [1.82, 2.24) is 19.5 Å². The molecule has 1 saturated heterocycles. The number of nitrogens with zero attached hydrogens (tertiary/aromatic N) is 4. The summed E-state index contributed by atoms with van der Waals surface area (Å²) in [5.74, 6) is 0.873. The van der Waals surface area contributed by atoms with Gasteiger partial charge >= 0.3 is 21.8 Å². The Morgan fingerprint density at radius 2 is 2.00 bits per heavy atom. The van der Waals surface area contributed by atoms with E-state index in [0.717, 1.165) is 17.5 Å².